The quantitative estimate of drug-likeness (QED) is 0.786. The van der Waals surface area contributed by atoms with Crippen molar-refractivity contribution < 1.29 is 14.3 Å². The number of aryl methyl sites for hydroxylation is 1. The lowest BCUT2D eigenvalue weighted by molar-refractivity contribution is 0.0471. The van der Waals surface area contributed by atoms with Crippen LogP contribution in [0.25, 0.3) is 0 Å². The maximum atomic E-state index is 11.7. The average molecular weight is 258 g/mol. The van der Waals surface area contributed by atoms with Gasteiger partial charge in [0.05, 0.1) is 12.7 Å². The molecule has 0 bridgehead atoms. The van der Waals surface area contributed by atoms with Crippen LogP contribution < -0.4 is 4.74 Å². The zero-order valence-corrected chi connectivity index (χ0v) is 10.8. The van der Waals surface area contributed by atoms with Gasteiger partial charge in [0.15, 0.2) is 0 Å². The molecule has 0 aliphatic rings. The van der Waals surface area contributed by atoms with Gasteiger partial charge in [-0.2, -0.15) is 0 Å². The number of hydrogen-bond donors (Lipinski definition) is 0. The molecule has 5 heteroatoms. The Morgan fingerprint density at radius 2 is 1.79 bits per heavy atom. The number of benzene rings is 1. The van der Waals surface area contributed by atoms with Crippen molar-refractivity contribution in [2.24, 2.45) is 0 Å². The van der Waals surface area contributed by atoms with E-state index in [9.17, 15) is 4.79 Å². The van der Waals surface area contributed by atoms with Crippen molar-refractivity contribution in [1.29, 1.82) is 0 Å². The van der Waals surface area contributed by atoms with Gasteiger partial charge in [-0.15, -0.1) is 0 Å². The molecule has 2 aromatic rings. The van der Waals surface area contributed by atoms with E-state index in [1.54, 1.807) is 0 Å². The number of rotatable bonds is 4. The topological polar surface area (TPSA) is 61.3 Å². The fourth-order valence-electron chi connectivity index (χ4n) is 1.44. The van der Waals surface area contributed by atoms with Crippen LogP contribution in [-0.2, 0) is 11.3 Å². The summed E-state index contributed by atoms with van der Waals surface area (Å²) in [6.07, 6.45) is 2.76. The standard InChI is InChI=1S/C14H14N2O3/c1-10-3-5-11(6-4-10)9-19-13(17)12-7-15-14(18-2)16-8-12/h3-8H,9H2,1-2H3. The first-order valence-electron chi connectivity index (χ1n) is 5.78. The highest BCUT2D eigenvalue weighted by molar-refractivity contribution is 5.88. The van der Waals surface area contributed by atoms with Crippen molar-refractivity contribution in [1.82, 2.24) is 9.97 Å². The van der Waals surface area contributed by atoms with E-state index in [0.29, 0.717) is 5.56 Å². The van der Waals surface area contributed by atoms with Crippen molar-refractivity contribution in [3.05, 3.63) is 53.3 Å². The van der Waals surface area contributed by atoms with Crippen LogP contribution in [0.2, 0.25) is 0 Å². The molecule has 0 saturated carbocycles. The van der Waals surface area contributed by atoms with Gasteiger partial charge in [-0.05, 0) is 12.5 Å². The molecule has 98 valence electrons. The smallest absolute Gasteiger partial charge is 0.341 e. The maximum absolute atomic E-state index is 11.7. The second-order valence-corrected chi connectivity index (χ2v) is 4.02. The van der Waals surface area contributed by atoms with Gasteiger partial charge in [0.25, 0.3) is 0 Å². The fourth-order valence-corrected chi connectivity index (χ4v) is 1.44. The predicted octanol–water partition coefficient (Wildman–Crippen LogP) is 2.15. The van der Waals surface area contributed by atoms with Crippen molar-refractivity contribution >= 4 is 5.97 Å². The molecule has 1 aromatic carbocycles. The van der Waals surface area contributed by atoms with Crippen LogP contribution in [0.5, 0.6) is 6.01 Å². The number of ether oxygens (including phenoxy) is 2. The van der Waals surface area contributed by atoms with E-state index in [1.165, 1.54) is 25.1 Å². The average Bonchev–Trinajstić information content (AvgIpc) is 2.46. The zero-order chi connectivity index (χ0) is 13.7. The third-order valence-corrected chi connectivity index (χ3v) is 2.54. The monoisotopic (exact) mass is 258 g/mol. The molecular formula is C14H14N2O3. The summed E-state index contributed by atoms with van der Waals surface area (Å²) < 4.78 is 9.98. The predicted molar refractivity (Wildman–Crippen MR) is 68.9 cm³/mol. The van der Waals surface area contributed by atoms with Crippen LogP contribution in [-0.4, -0.2) is 23.0 Å². The Hall–Kier alpha value is -2.43. The molecule has 0 radical (unpaired) electrons. The molecule has 0 atom stereocenters. The summed E-state index contributed by atoms with van der Waals surface area (Å²) >= 11 is 0. The minimum absolute atomic E-state index is 0.218. The van der Waals surface area contributed by atoms with Gasteiger partial charge in [-0.1, -0.05) is 29.8 Å². The molecule has 0 aliphatic carbocycles. The van der Waals surface area contributed by atoms with Gasteiger partial charge in [0.2, 0.25) is 0 Å². The lowest BCUT2D eigenvalue weighted by atomic mass is 10.2. The van der Waals surface area contributed by atoms with Crippen LogP contribution in [0.4, 0.5) is 0 Å². The van der Waals surface area contributed by atoms with Gasteiger partial charge in [-0.25, -0.2) is 14.8 Å². The number of aromatic nitrogens is 2. The molecular weight excluding hydrogens is 244 g/mol. The van der Waals surface area contributed by atoms with Crippen LogP contribution >= 0.6 is 0 Å². The minimum atomic E-state index is -0.455. The summed E-state index contributed by atoms with van der Waals surface area (Å²) in [5.41, 5.74) is 2.40. The summed E-state index contributed by atoms with van der Waals surface area (Å²) in [6.45, 7) is 2.23. The number of carbonyl (C=O) groups excluding carboxylic acids is 1. The van der Waals surface area contributed by atoms with Crippen molar-refractivity contribution in [2.75, 3.05) is 7.11 Å². The third kappa shape index (κ3) is 3.51. The van der Waals surface area contributed by atoms with E-state index >= 15 is 0 Å². The highest BCUT2D eigenvalue weighted by atomic mass is 16.5. The van der Waals surface area contributed by atoms with Crippen LogP contribution in [0.15, 0.2) is 36.7 Å². The Kier molecular flexibility index (Phi) is 4.07. The largest absolute Gasteiger partial charge is 0.467 e. The Bertz CT molecular complexity index is 550. The number of nitrogens with zero attached hydrogens (tertiary/aromatic N) is 2. The molecule has 0 unspecified atom stereocenters. The SMILES string of the molecule is COc1ncc(C(=O)OCc2ccc(C)cc2)cn1. The molecule has 0 N–H and O–H groups in total. The van der Waals surface area contributed by atoms with Gasteiger partial charge in [0, 0.05) is 12.4 Å². The van der Waals surface area contributed by atoms with Crippen molar-refractivity contribution in [3.63, 3.8) is 0 Å². The van der Waals surface area contributed by atoms with Crippen LogP contribution in [0.3, 0.4) is 0 Å². The first-order chi connectivity index (χ1) is 9.19. The molecule has 1 aromatic heterocycles. The molecule has 0 spiro atoms. The van der Waals surface area contributed by atoms with E-state index in [4.69, 9.17) is 9.47 Å². The lowest BCUT2D eigenvalue weighted by Crippen LogP contribution is -2.06. The molecule has 0 saturated heterocycles. The summed E-state index contributed by atoms with van der Waals surface area (Å²) in [6, 6.07) is 8.01. The van der Waals surface area contributed by atoms with E-state index < -0.39 is 5.97 Å². The van der Waals surface area contributed by atoms with Gasteiger partial charge in [-0.3, -0.25) is 0 Å². The van der Waals surface area contributed by atoms with E-state index in [1.807, 2.05) is 31.2 Å². The van der Waals surface area contributed by atoms with E-state index in [2.05, 4.69) is 9.97 Å². The van der Waals surface area contributed by atoms with E-state index in [-0.39, 0.29) is 12.6 Å². The zero-order valence-electron chi connectivity index (χ0n) is 10.8. The summed E-state index contributed by atoms with van der Waals surface area (Å²) in [7, 11) is 1.46. The van der Waals surface area contributed by atoms with Gasteiger partial charge < -0.3 is 9.47 Å². The molecule has 0 amide bonds. The van der Waals surface area contributed by atoms with Crippen LogP contribution in [0.1, 0.15) is 21.5 Å². The highest BCUT2D eigenvalue weighted by Crippen LogP contribution is 2.08. The number of carbonyl (C=O) groups is 1. The Morgan fingerprint density at radius 3 is 2.37 bits per heavy atom. The molecule has 1 heterocycles. The molecule has 5 nitrogen and oxygen atoms in total. The number of methoxy groups -OCH3 is 1. The molecule has 19 heavy (non-hydrogen) atoms. The summed E-state index contributed by atoms with van der Waals surface area (Å²) in [5.74, 6) is -0.455. The molecule has 0 fully saturated rings. The minimum Gasteiger partial charge on any atom is -0.467 e. The lowest BCUT2D eigenvalue weighted by Gasteiger charge is -2.05. The Labute approximate surface area is 111 Å². The highest BCUT2D eigenvalue weighted by Gasteiger charge is 2.09. The molecule has 2 rings (SSSR count). The fraction of sp³-hybridized carbons (Fsp3) is 0.214. The number of hydrogen-bond acceptors (Lipinski definition) is 5. The summed E-state index contributed by atoms with van der Waals surface area (Å²) in [5, 5.41) is 0. The first-order valence-corrected chi connectivity index (χ1v) is 5.78. The van der Waals surface area contributed by atoms with Crippen molar-refractivity contribution in [2.45, 2.75) is 13.5 Å². The first kappa shape index (κ1) is 13.0. The maximum Gasteiger partial charge on any atom is 0.341 e. The Balaban J connectivity index is 1.95. The van der Waals surface area contributed by atoms with Gasteiger partial charge >= 0.3 is 12.0 Å². The number of esters is 1. The molecule has 0 aliphatic heterocycles. The third-order valence-electron chi connectivity index (χ3n) is 2.54. The Morgan fingerprint density at radius 1 is 1.16 bits per heavy atom. The second-order valence-electron chi connectivity index (χ2n) is 4.02. The van der Waals surface area contributed by atoms with Crippen LogP contribution in [0, 0.1) is 6.92 Å². The normalized spacial score (nSPS) is 10.0. The van der Waals surface area contributed by atoms with Crippen molar-refractivity contribution in [3.8, 4) is 6.01 Å². The van der Waals surface area contributed by atoms with Gasteiger partial charge in [0.1, 0.15) is 6.61 Å². The van der Waals surface area contributed by atoms with E-state index in [0.717, 1.165) is 5.56 Å². The summed E-state index contributed by atoms with van der Waals surface area (Å²) in [4.78, 5) is 19.4. The second kappa shape index (κ2) is 5.95.